The molecule has 0 saturated carbocycles. The lowest BCUT2D eigenvalue weighted by Gasteiger charge is -2.28. The maximum Gasteiger partial charge on any atom is 0.0541 e. The molecule has 0 fully saturated rings. The Balaban J connectivity index is 1.04. The zero-order valence-electron chi connectivity index (χ0n) is 35.1. The zero-order chi connectivity index (χ0) is 42.4. The van der Waals surface area contributed by atoms with Crippen molar-refractivity contribution in [3.63, 3.8) is 0 Å². The van der Waals surface area contributed by atoms with Gasteiger partial charge in [-0.2, -0.15) is 0 Å². The topological polar surface area (TPSA) is 8.17 Å². The van der Waals surface area contributed by atoms with Gasteiger partial charge in [0.2, 0.25) is 0 Å². The molecule has 11 aromatic carbocycles. The van der Waals surface area contributed by atoms with Crippen molar-refractivity contribution in [1.29, 1.82) is 0 Å². The normalized spacial score (nSPS) is 11.4. The molecule has 64 heavy (non-hydrogen) atoms. The number of para-hydroxylation sites is 3. The van der Waals surface area contributed by atoms with Crippen LogP contribution in [0.25, 0.3) is 93.5 Å². The largest absolute Gasteiger partial charge is 0.310 e. The van der Waals surface area contributed by atoms with Crippen LogP contribution in [0.3, 0.4) is 0 Å². The van der Waals surface area contributed by atoms with Crippen molar-refractivity contribution in [3.8, 4) is 50.2 Å². The third kappa shape index (κ3) is 6.35. The van der Waals surface area contributed by atoms with Crippen LogP contribution in [0.2, 0.25) is 0 Å². The molecule has 0 radical (unpaired) electrons. The first-order valence-corrected chi connectivity index (χ1v) is 22.0. The zero-order valence-corrected chi connectivity index (χ0v) is 35.1. The third-order valence-electron chi connectivity index (χ3n) is 12.8. The molecule has 0 aliphatic heterocycles. The first kappa shape index (κ1) is 37.3. The molecule has 0 amide bonds. The molecule has 0 unspecified atom stereocenters. The molecular weight excluding hydrogens is 773 g/mol. The van der Waals surface area contributed by atoms with Gasteiger partial charge in [0.1, 0.15) is 0 Å². The Bertz CT molecular complexity index is 3610. The number of nitrogens with zero attached hydrogens (tertiary/aromatic N) is 2. The Morgan fingerprint density at radius 1 is 0.266 bits per heavy atom. The van der Waals surface area contributed by atoms with Crippen LogP contribution < -0.4 is 4.90 Å². The van der Waals surface area contributed by atoms with Crippen LogP contribution in [0.4, 0.5) is 17.1 Å². The summed E-state index contributed by atoms with van der Waals surface area (Å²) in [6, 6.07) is 92.7. The van der Waals surface area contributed by atoms with E-state index in [-0.39, 0.29) is 0 Å². The van der Waals surface area contributed by atoms with Crippen LogP contribution in [0.1, 0.15) is 0 Å². The van der Waals surface area contributed by atoms with Gasteiger partial charge >= 0.3 is 0 Å². The molecule has 300 valence electrons. The lowest BCUT2D eigenvalue weighted by Crippen LogP contribution is -2.11. The van der Waals surface area contributed by atoms with Crippen molar-refractivity contribution in [1.82, 2.24) is 4.57 Å². The van der Waals surface area contributed by atoms with E-state index >= 15 is 0 Å². The van der Waals surface area contributed by atoms with Gasteiger partial charge in [-0.1, -0.05) is 206 Å². The summed E-state index contributed by atoms with van der Waals surface area (Å²) in [7, 11) is 0. The number of fused-ring (bicyclic) bond motifs is 5. The highest BCUT2D eigenvalue weighted by Crippen LogP contribution is 2.46. The molecule has 0 aliphatic rings. The van der Waals surface area contributed by atoms with E-state index in [2.05, 4.69) is 264 Å². The van der Waals surface area contributed by atoms with Gasteiger partial charge in [0.15, 0.2) is 0 Å². The quantitative estimate of drug-likeness (QED) is 0.148. The van der Waals surface area contributed by atoms with Crippen LogP contribution in [-0.4, -0.2) is 4.57 Å². The van der Waals surface area contributed by atoms with Crippen LogP contribution >= 0.6 is 0 Å². The summed E-state index contributed by atoms with van der Waals surface area (Å²) in [5.41, 5.74) is 16.3. The van der Waals surface area contributed by atoms with Crippen LogP contribution in [0.15, 0.2) is 255 Å². The second kappa shape index (κ2) is 15.8. The Morgan fingerprint density at radius 2 is 0.750 bits per heavy atom. The second-order valence-electron chi connectivity index (χ2n) is 16.4. The van der Waals surface area contributed by atoms with Crippen LogP contribution in [0.5, 0.6) is 0 Å². The Morgan fingerprint density at radius 3 is 1.48 bits per heavy atom. The maximum absolute atomic E-state index is 2.44. The summed E-state index contributed by atoms with van der Waals surface area (Å²) in [5.74, 6) is 0. The molecule has 0 N–H and O–H groups in total. The van der Waals surface area contributed by atoms with Gasteiger partial charge in [-0.15, -0.1) is 0 Å². The molecule has 1 heterocycles. The van der Waals surface area contributed by atoms with Gasteiger partial charge in [-0.05, 0) is 104 Å². The Labute approximate surface area is 373 Å². The number of hydrogen-bond donors (Lipinski definition) is 0. The molecule has 0 atom stereocenters. The number of benzene rings is 11. The van der Waals surface area contributed by atoms with Crippen molar-refractivity contribution >= 4 is 60.4 Å². The van der Waals surface area contributed by atoms with Gasteiger partial charge in [0, 0.05) is 33.1 Å². The number of rotatable bonds is 8. The fourth-order valence-electron chi connectivity index (χ4n) is 9.89. The summed E-state index contributed by atoms with van der Waals surface area (Å²) in [6.45, 7) is 0. The van der Waals surface area contributed by atoms with Gasteiger partial charge in [-0.3, -0.25) is 0 Å². The molecule has 1 aromatic heterocycles. The summed E-state index contributed by atoms with van der Waals surface area (Å²) in [4.78, 5) is 2.43. The van der Waals surface area contributed by atoms with Gasteiger partial charge in [0.25, 0.3) is 0 Å². The minimum atomic E-state index is 1.08. The molecule has 0 spiro atoms. The van der Waals surface area contributed by atoms with Crippen LogP contribution in [-0.2, 0) is 0 Å². The van der Waals surface area contributed by atoms with E-state index in [4.69, 9.17) is 0 Å². The van der Waals surface area contributed by atoms with Crippen molar-refractivity contribution in [3.05, 3.63) is 255 Å². The van der Waals surface area contributed by atoms with E-state index in [1.54, 1.807) is 0 Å². The molecule has 2 nitrogen and oxygen atoms in total. The lowest BCUT2D eigenvalue weighted by molar-refractivity contribution is 1.18. The van der Waals surface area contributed by atoms with Crippen molar-refractivity contribution in [2.75, 3.05) is 4.90 Å². The van der Waals surface area contributed by atoms with Crippen molar-refractivity contribution in [2.45, 2.75) is 0 Å². The smallest absolute Gasteiger partial charge is 0.0541 e. The molecule has 2 heteroatoms. The van der Waals surface area contributed by atoms with Crippen LogP contribution in [0, 0.1) is 0 Å². The first-order valence-electron chi connectivity index (χ1n) is 22.0. The number of hydrogen-bond acceptors (Lipinski definition) is 1. The second-order valence-corrected chi connectivity index (χ2v) is 16.4. The standard InChI is InChI=1S/C62H42N2/c1-2-18-45(19-3-1)58-42-48(40-41-54(58)55-28-10-13-32-60(55)64-61-33-14-11-29-56(61)57-30-12-15-34-62(57)64)63(59-35-17-23-44-21-5-7-26-51(44)59)47-38-36-46(37-39-47)50-25-8-9-27-52(50)53-31-16-22-43-20-4-6-24-49(43)53/h1-42H. The van der Waals surface area contributed by atoms with E-state index in [0.29, 0.717) is 0 Å². The minimum absolute atomic E-state index is 1.08. The molecule has 0 bridgehead atoms. The Hall–Kier alpha value is -8.46. The lowest BCUT2D eigenvalue weighted by atomic mass is 9.91. The van der Waals surface area contributed by atoms with E-state index < -0.39 is 0 Å². The van der Waals surface area contributed by atoms with Gasteiger partial charge < -0.3 is 9.47 Å². The van der Waals surface area contributed by atoms with E-state index in [0.717, 1.165) is 33.9 Å². The fraction of sp³-hybridized carbons (Fsp3) is 0. The number of anilines is 3. The predicted octanol–water partition coefficient (Wildman–Crippen LogP) is 17.2. The first-order chi connectivity index (χ1) is 31.8. The average molecular weight is 815 g/mol. The van der Waals surface area contributed by atoms with Gasteiger partial charge in [0.05, 0.1) is 22.4 Å². The van der Waals surface area contributed by atoms with Gasteiger partial charge in [-0.25, -0.2) is 0 Å². The fourth-order valence-corrected chi connectivity index (χ4v) is 9.89. The third-order valence-corrected chi connectivity index (χ3v) is 12.8. The number of aromatic nitrogens is 1. The van der Waals surface area contributed by atoms with Crippen molar-refractivity contribution < 1.29 is 0 Å². The minimum Gasteiger partial charge on any atom is -0.310 e. The maximum atomic E-state index is 2.44. The van der Waals surface area contributed by atoms with Crippen molar-refractivity contribution in [2.24, 2.45) is 0 Å². The summed E-state index contributed by atoms with van der Waals surface area (Å²) in [5, 5.41) is 7.39. The SMILES string of the molecule is c1ccc(-c2cc(N(c3ccc(-c4ccccc4-c4cccc5ccccc45)cc3)c3cccc4ccccc34)ccc2-c2ccccc2-n2c3ccccc3c3ccccc32)cc1. The Kier molecular flexibility index (Phi) is 9.20. The highest BCUT2D eigenvalue weighted by atomic mass is 15.1. The van der Waals surface area contributed by atoms with E-state index in [9.17, 15) is 0 Å². The molecule has 12 aromatic rings. The summed E-state index contributed by atoms with van der Waals surface area (Å²) >= 11 is 0. The average Bonchev–Trinajstić information content (AvgIpc) is 3.71. The predicted molar refractivity (Wildman–Crippen MR) is 272 cm³/mol. The highest BCUT2D eigenvalue weighted by molar-refractivity contribution is 6.10. The monoisotopic (exact) mass is 814 g/mol. The van der Waals surface area contributed by atoms with E-state index in [1.807, 2.05) is 0 Å². The molecule has 12 rings (SSSR count). The summed E-state index contributed by atoms with van der Waals surface area (Å²) in [6.07, 6.45) is 0. The summed E-state index contributed by atoms with van der Waals surface area (Å²) < 4.78 is 2.44. The highest BCUT2D eigenvalue weighted by Gasteiger charge is 2.21. The molecule has 0 aliphatic carbocycles. The van der Waals surface area contributed by atoms with E-state index in [1.165, 1.54) is 76.7 Å². The molecular formula is C62H42N2. The molecule has 0 saturated heterocycles.